The second kappa shape index (κ2) is 6.10. The molecule has 3 rings (SSSR count). The number of nitrogens with one attached hydrogen (secondary N) is 2. The molecule has 2 unspecified atom stereocenters. The number of aromatic nitrogens is 2. The van der Waals surface area contributed by atoms with Gasteiger partial charge in [0, 0.05) is 30.8 Å². The van der Waals surface area contributed by atoms with Gasteiger partial charge in [-0.05, 0) is 32.1 Å². The third-order valence-electron chi connectivity index (χ3n) is 4.72. The Kier molecular flexibility index (Phi) is 4.27. The van der Waals surface area contributed by atoms with Crippen LogP contribution >= 0.6 is 0 Å². The average Bonchev–Trinajstić information content (AvgIpc) is 3.08. The maximum atomic E-state index is 13.0. The highest BCUT2D eigenvalue weighted by Crippen LogP contribution is 2.32. The molecule has 0 saturated carbocycles. The molecule has 9 heteroatoms. The number of piperidine rings is 1. The maximum Gasteiger partial charge on any atom is 0.408 e. The highest BCUT2D eigenvalue weighted by molar-refractivity contribution is 5.94. The minimum absolute atomic E-state index is 0.141. The number of hydrogen-bond donors (Lipinski definition) is 2. The molecule has 2 aliphatic rings. The molecule has 2 atom stereocenters. The van der Waals surface area contributed by atoms with Crippen LogP contribution < -0.4 is 5.32 Å². The lowest BCUT2D eigenvalue weighted by atomic mass is 9.97. The second-order valence-electron chi connectivity index (χ2n) is 6.36. The summed E-state index contributed by atoms with van der Waals surface area (Å²) in [5.41, 5.74) is 2.15. The fourth-order valence-electron chi connectivity index (χ4n) is 3.54. The zero-order valence-electron chi connectivity index (χ0n) is 13.2. The third kappa shape index (κ3) is 3.11. The molecule has 0 spiro atoms. The van der Waals surface area contributed by atoms with E-state index in [1.54, 1.807) is 0 Å². The molecular formula is C15H19F3N4O2. The van der Waals surface area contributed by atoms with Gasteiger partial charge in [-0.3, -0.25) is 14.7 Å². The van der Waals surface area contributed by atoms with E-state index in [2.05, 4.69) is 15.5 Å². The van der Waals surface area contributed by atoms with Crippen LogP contribution in [0, 0.1) is 0 Å². The van der Waals surface area contributed by atoms with Crippen molar-refractivity contribution in [2.24, 2.45) is 0 Å². The van der Waals surface area contributed by atoms with Crippen molar-refractivity contribution in [2.45, 2.75) is 57.3 Å². The largest absolute Gasteiger partial charge is 0.408 e. The van der Waals surface area contributed by atoms with Crippen LogP contribution in [0.3, 0.4) is 0 Å². The lowest BCUT2D eigenvalue weighted by Gasteiger charge is -2.40. The van der Waals surface area contributed by atoms with E-state index in [9.17, 15) is 22.8 Å². The highest BCUT2D eigenvalue weighted by atomic mass is 19.4. The number of carbonyl (C=O) groups excluding carboxylic acids is 2. The molecule has 2 N–H and O–H groups in total. The van der Waals surface area contributed by atoms with Crippen molar-refractivity contribution < 1.29 is 22.8 Å². The van der Waals surface area contributed by atoms with Gasteiger partial charge >= 0.3 is 6.18 Å². The molecule has 2 heterocycles. The van der Waals surface area contributed by atoms with E-state index in [0.29, 0.717) is 5.69 Å². The molecule has 6 nitrogen and oxygen atoms in total. The fourth-order valence-corrected chi connectivity index (χ4v) is 3.54. The van der Waals surface area contributed by atoms with E-state index in [1.165, 1.54) is 0 Å². The number of aryl methyl sites for hydroxylation is 1. The molecule has 1 aliphatic carbocycles. The molecule has 1 aromatic heterocycles. The molecule has 24 heavy (non-hydrogen) atoms. The molecule has 2 amide bonds. The summed E-state index contributed by atoms with van der Waals surface area (Å²) in [6.45, 7) is 0.974. The Labute approximate surface area is 136 Å². The molecule has 0 radical (unpaired) electrons. The van der Waals surface area contributed by atoms with E-state index in [0.717, 1.165) is 42.3 Å². The smallest absolute Gasteiger partial charge is 0.346 e. The first-order valence-electron chi connectivity index (χ1n) is 7.98. The molecule has 132 valence electrons. The summed E-state index contributed by atoms with van der Waals surface area (Å²) in [6.07, 6.45) is -1.92. The number of carbonyl (C=O) groups is 2. The predicted molar refractivity (Wildman–Crippen MR) is 78.3 cm³/mol. The van der Waals surface area contributed by atoms with Crippen molar-refractivity contribution in [3.63, 3.8) is 0 Å². The normalized spacial score (nSPS) is 23.9. The zero-order valence-corrected chi connectivity index (χ0v) is 13.2. The second-order valence-corrected chi connectivity index (χ2v) is 6.36. The van der Waals surface area contributed by atoms with E-state index in [4.69, 9.17) is 0 Å². The van der Waals surface area contributed by atoms with Crippen LogP contribution in [-0.2, 0) is 17.6 Å². The van der Waals surface area contributed by atoms with Gasteiger partial charge in [0.05, 0.1) is 0 Å². The van der Waals surface area contributed by atoms with Crippen LogP contribution in [0.4, 0.5) is 13.2 Å². The number of aromatic amines is 1. The van der Waals surface area contributed by atoms with Crippen LogP contribution in [0.2, 0.25) is 0 Å². The fraction of sp³-hybridized carbons (Fsp3) is 0.667. The number of nitrogens with zero attached hydrogens (tertiary/aromatic N) is 2. The first-order valence-corrected chi connectivity index (χ1v) is 7.98. The van der Waals surface area contributed by atoms with Crippen molar-refractivity contribution in [3.05, 3.63) is 17.0 Å². The topological polar surface area (TPSA) is 78.1 Å². The Hall–Kier alpha value is -2.06. The van der Waals surface area contributed by atoms with Crippen LogP contribution in [0.1, 0.15) is 47.9 Å². The quantitative estimate of drug-likeness (QED) is 0.855. The highest BCUT2D eigenvalue weighted by Gasteiger charge is 2.47. The van der Waals surface area contributed by atoms with E-state index >= 15 is 0 Å². The summed E-state index contributed by atoms with van der Waals surface area (Å²) in [6, 6.07) is -2.29. The van der Waals surface area contributed by atoms with Crippen LogP contribution in [0.15, 0.2) is 0 Å². The maximum absolute atomic E-state index is 13.0. The summed E-state index contributed by atoms with van der Waals surface area (Å²) in [5, 5.41) is 9.57. The standard InChI is InChI=1S/C15H19F3N4O2/c1-8(23)22-7-9(5-6-12(22)15(16,17)18)19-14(24)13-10-3-2-4-11(10)20-21-13/h9,12H,2-7H2,1H3,(H,19,24)(H,20,21). The molecule has 1 aromatic rings. The zero-order chi connectivity index (χ0) is 17.5. The number of likely N-dealkylation sites (tertiary alicyclic amines) is 1. The van der Waals surface area contributed by atoms with Gasteiger partial charge in [-0.2, -0.15) is 18.3 Å². The van der Waals surface area contributed by atoms with E-state index in [1.807, 2.05) is 0 Å². The number of alkyl halides is 3. The van der Waals surface area contributed by atoms with Crippen molar-refractivity contribution in [1.29, 1.82) is 0 Å². The van der Waals surface area contributed by atoms with E-state index < -0.39 is 30.1 Å². The number of halogens is 3. The van der Waals surface area contributed by atoms with Crippen LogP contribution in [-0.4, -0.2) is 51.7 Å². The summed E-state index contributed by atoms with van der Waals surface area (Å²) < 4.78 is 39.1. The van der Waals surface area contributed by atoms with E-state index in [-0.39, 0.29) is 19.4 Å². The van der Waals surface area contributed by atoms with Gasteiger partial charge in [-0.25, -0.2) is 0 Å². The van der Waals surface area contributed by atoms with Gasteiger partial charge in [0.2, 0.25) is 5.91 Å². The Morgan fingerprint density at radius 2 is 2.04 bits per heavy atom. The van der Waals surface area contributed by atoms with Gasteiger partial charge in [-0.1, -0.05) is 0 Å². The number of amides is 2. The minimum atomic E-state index is -4.45. The summed E-state index contributed by atoms with van der Waals surface area (Å²) >= 11 is 0. The van der Waals surface area contributed by atoms with Crippen LogP contribution in [0.5, 0.6) is 0 Å². The Morgan fingerprint density at radius 1 is 1.29 bits per heavy atom. The lowest BCUT2D eigenvalue weighted by molar-refractivity contribution is -0.196. The number of rotatable bonds is 2. The number of hydrogen-bond acceptors (Lipinski definition) is 3. The van der Waals surface area contributed by atoms with Crippen LogP contribution in [0.25, 0.3) is 0 Å². The van der Waals surface area contributed by atoms with Crippen molar-refractivity contribution >= 4 is 11.8 Å². The minimum Gasteiger partial charge on any atom is -0.346 e. The molecule has 1 saturated heterocycles. The predicted octanol–water partition coefficient (Wildman–Crippen LogP) is 1.57. The van der Waals surface area contributed by atoms with Gasteiger partial charge in [0.25, 0.3) is 5.91 Å². The Morgan fingerprint density at radius 3 is 2.71 bits per heavy atom. The molecular weight excluding hydrogens is 325 g/mol. The van der Waals surface area contributed by atoms with Crippen molar-refractivity contribution in [2.75, 3.05) is 6.54 Å². The molecule has 1 aliphatic heterocycles. The number of fused-ring (bicyclic) bond motifs is 1. The first-order chi connectivity index (χ1) is 11.3. The van der Waals surface area contributed by atoms with Gasteiger partial charge in [-0.15, -0.1) is 0 Å². The first kappa shape index (κ1) is 16.8. The summed E-state index contributed by atoms with van der Waals surface area (Å²) in [4.78, 5) is 24.7. The lowest BCUT2D eigenvalue weighted by Crippen LogP contribution is -2.57. The SMILES string of the molecule is CC(=O)N1CC(NC(=O)c2n[nH]c3c2CCC3)CCC1C(F)(F)F. The van der Waals surface area contributed by atoms with Gasteiger partial charge in [0.15, 0.2) is 5.69 Å². The average molecular weight is 344 g/mol. The third-order valence-corrected chi connectivity index (χ3v) is 4.72. The summed E-state index contributed by atoms with van der Waals surface area (Å²) in [5.74, 6) is -1.04. The van der Waals surface area contributed by atoms with Crippen molar-refractivity contribution in [1.82, 2.24) is 20.4 Å². The monoisotopic (exact) mass is 344 g/mol. The molecule has 0 aromatic carbocycles. The molecule has 1 fully saturated rings. The number of H-pyrrole nitrogens is 1. The summed E-state index contributed by atoms with van der Waals surface area (Å²) in [7, 11) is 0. The molecule has 0 bridgehead atoms. The van der Waals surface area contributed by atoms with Crippen molar-refractivity contribution in [3.8, 4) is 0 Å². The van der Waals surface area contributed by atoms with Gasteiger partial charge < -0.3 is 10.2 Å². The Balaban J connectivity index is 1.68. The Bertz CT molecular complexity index is 656. The van der Waals surface area contributed by atoms with Gasteiger partial charge in [0.1, 0.15) is 6.04 Å².